The fraction of sp³-hybridized carbons (Fsp3) is 0.636. The van der Waals surface area contributed by atoms with Crippen LogP contribution in [0.25, 0.3) is 0 Å². The molecule has 0 aromatic carbocycles. The van der Waals surface area contributed by atoms with Crippen molar-refractivity contribution in [3.8, 4) is 0 Å². The average Bonchev–Trinajstić information content (AvgIpc) is 2.37. The van der Waals surface area contributed by atoms with Gasteiger partial charge < -0.3 is 29.2 Å². The van der Waals surface area contributed by atoms with Crippen molar-refractivity contribution in [2.45, 2.75) is 13.0 Å². The fourth-order valence-corrected chi connectivity index (χ4v) is 0.966. The summed E-state index contributed by atoms with van der Waals surface area (Å²) in [4.78, 5) is 42.9. The molecule has 0 saturated carbocycles. The Morgan fingerprint density at radius 1 is 0.857 bits per heavy atom. The third-order valence-corrected chi connectivity index (χ3v) is 1.84. The summed E-state index contributed by atoms with van der Waals surface area (Å²) >= 11 is 0. The van der Waals surface area contributed by atoms with Crippen molar-refractivity contribution in [3.63, 3.8) is 0 Å². The first-order chi connectivity index (χ1) is 9.82. The van der Waals surface area contributed by atoms with E-state index in [9.17, 15) is 19.2 Å². The van der Waals surface area contributed by atoms with Crippen molar-refractivity contribution in [2.75, 3.05) is 33.2 Å². The molecule has 2 N–H and O–H groups in total. The molecular weight excluding hydrogens is 292 g/mol. The molecule has 0 aliphatic heterocycles. The predicted octanol–water partition coefficient (Wildman–Crippen LogP) is -1.34. The summed E-state index contributed by atoms with van der Waals surface area (Å²) in [5.41, 5.74) is 0. The summed E-state index contributed by atoms with van der Waals surface area (Å²) in [7, 11) is 0. The van der Waals surface area contributed by atoms with E-state index in [0.29, 0.717) is 0 Å². The topological polar surface area (TPSA) is 146 Å². The molecule has 0 rings (SSSR count). The molecular formula is C11H16O10. The van der Waals surface area contributed by atoms with Crippen LogP contribution >= 0.6 is 0 Å². The minimum absolute atomic E-state index is 0.411. The lowest BCUT2D eigenvalue weighted by Gasteiger charge is -2.12. The van der Waals surface area contributed by atoms with Crippen LogP contribution in [-0.4, -0.2) is 73.2 Å². The third-order valence-electron chi connectivity index (χ3n) is 1.84. The van der Waals surface area contributed by atoms with Gasteiger partial charge in [0.05, 0.1) is 0 Å². The van der Waals surface area contributed by atoms with Gasteiger partial charge in [0, 0.05) is 0 Å². The van der Waals surface area contributed by atoms with E-state index in [2.05, 4.69) is 18.9 Å². The molecule has 0 radical (unpaired) electrons. The highest BCUT2D eigenvalue weighted by molar-refractivity contribution is 5.86. The summed E-state index contributed by atoms with van der Waals surface area (Å²) in [6, 6.07) is 0. The van der Waals surface area contributed by atoms with Gasteiger partial charge in [-0.3, -0.25) is 4.79 Å². The summed E-state index contributed by atoms with van der Waals surface area (Å²) in [5, 5.41) is 16.5. The average molecular weight is 308 g/mol. The van der Waals surface area contributed by atoms with Gasteiger partial charge in [-0.1, -0.05) is 0 Å². The van der Waals surface area contributed by atoms with Gasteiger partial charge in [-0.2, -0.15) is 0 Å². The monoisotopic (exact) mass is 308 g/mol. The van der Waals surface area contributed by atoms with Crippen LogP contribution in [-0.2, 0) is 38.1 Å². The molecule has 10 nitrogen and oxygen atoms in total. The van der Waals surface area contributed by atoms with Crippen molar-refractivity contribution < 1.29 is 48.3 Å². The van der Waals surface area contributed by atoms with E-state index in [1.807, 2.05) is 0 Å². The van der Waals surface area contributed by atoms with Crippen LogP contribution in [0.3, 0.4) is 0 Å². The number of hydrogen-bond acceptors (Lipinski definition) is 8. The maximum atomic E-state index is 11.4. The van der Waals surface area contributed by atoms with Crippen LogP contribution in [0.15, 0.2) is 0 Å². The lowest BCUT2D eigenvalue weighted by Crippen LogP contribution is -2.30. The molecule has 0 bridgehead atoms. The number of esters is 1. The van der Waals surface area contributed by atoms with Crippen LogP contribution in [0, 0.1) is 0 Å². The van der Waals surface area contributed by atoms with Gasteiger partial charge >= 0.3 is 17.9 Å². The standard InChI is InChI=1S/C11H16O10/c1-7(8(12)2-18-3-9(13)14)21-11(17)5-20-6-19-4-10(15)16/h7H,2-6H2,1H3,(H,13,14)(H,15,16). The summed E-state index contributed by atoms with van der Waals surface area (Å²) in [6.45, 7) is -1.32. The molecule has 0 amide bonds. The van der Waals surface area contributed by atoms with E-state index in [-0.39, 0.29) is 0 Å². The molecule has 1 atom stereocenters. The predicted molar refractivity (Wildman–Crippen MR) is 63.4 cm³/mol. The van der Waals surface area contributed by atoms with Gasteiger partial charge in [0.2, 0.25) is 0 Å². The Morgan fingerprint density at radius 3 is 1.95 bits per heavy atom. The second-order valence-corrected chi connectivity index (χ2v) is 3.69. The second-order valence-electron chi connectivity index (χ2n) is 3.69. The number of carboxylic acid groups (broad SMARTS) is 2. The number of ether oxygens (including phenoxy) is 4. The molecule has 21 heavy (non-hydrogen) atoms. The highest BCUT2D eigenvalue weighted by atomic mass is 16.7. The summed E-state index contributed by atoms with van der Waals surface area (Å²) in [6.07, 6.45) is -1.12. The molecule has 1 unspecified atom stereocenters. The molecule has 0 aromatic rings. The first kappa shape index (κ1) is 19.0. The largest absolute Gasteiger partial charge is 0.480 e. The SMILES string of the molecule is CC(OC(=O)COCOCC(=O)O)C(=O)COCC(=O)O. The maximum Gasteiger partial charge on any atom is 0.332 e. The molecule has 0 spiro atoms. The second kappa shape index (κ2) is 10.7. The summed E-state index contributed by atoms with van der Waals surface area (Å²) in [5.74, 6) is -3.86. The Labute approximate surface area is 119 Å². The Kier molecular flexibility index (Phi) is 9.67. The van der Waals surface area contributed by atoms with Gasteiger partial charge in [-0.05, 0) is 6.92 Å². The zero-order valence-corrected chi connectivity index (χ0v) is 11.3. The Morgan fingerprint density at radius 2 is 1.38 bits per heavy atom. The van der Waals surface area contributed by atoms with E-state index in [0.717, 1.165) is 0 Å². The van der Waals surface area contributed by atoms with E-state index in [1.54, 1.807) is 0 Å². The Hall–Kier alpha value is -2.04. The van der Waals surface area contributed by atoms with Crippen LogP contribution in [0.4, 0.5) is 0 Å². The fourth-order valence-electron chi connectivity index (χ4n) is 0.966. The first-order valence-electron chi connectivity index (χ1n) is 5.72. The zero-order chi connectivity index (χ0) is 16.3. The van der Waals surface area contributed by atoms with Gasteiger partial charge in [0.1, 0.15) is 33.2 Å². The smallest absolute Gasteiger partial charge is 0.332 e. The van der Waals surface area contributed by atoms with Crippen LogP contribution < -0.4 is 0 Å². The molecule has 0 aliphatic carbocycles. The quantitative estimate of drug-likeness (QED) is 0.252. The van der Waals surface area contributed by atoms with Gasteiger partial charge in [0.15, 0.2) is 11.9 Å². The normalized spacial score (nSPS) is 11.7. The first-order valence-corrected chi connectivity index (χ1v) is 5.72. The van der Waals surface area contributed by atoms with Crippen molar-refractivity contribution >= 4 is 23.7 Å². The van der Waals surface area contributed by atoms with Crippen molar-refractivity contribution in [1.29, 1.82) is 0 Å². The van der Waals surface area contributed by atoms with E-state index in [4.69, 9.17) is 10.2 Å². The Balaban J connectivity index is 3.75. The minimum Gasteiger partial charge on any atom is -0.480 e. The molecule has 0 saturated heterocycles. The van der Waals surface area contributed by atoms with Crippen molar-refractivity contribution in [1.82, 2.24) is 0 Å². The molecule has 0 heterocycles. The van der Waals surface area contributed by atoms with Crippen LogP contribution in [0.5, 0.6) is 0 Å². The highest BCUT2D eigenvalue weighted by Crippen LogP contribution is 1.96. The lowest BCUT2D eigenvalue weighted by molar-refractivity contribution is -0.165. The van der Waals surface area contributed by atoms with E-state index in [1.165, 1.54) is 6.92 Å². The number of rotatable bonds is 12. The van der Waals surface area contributed by atoms with Crippen molar-refractivity contribution in [2.24, 2.45) is 0 Å². The summed E-state index contributed by atoms with van der Waals surface area (Å²) < 4.78 is 18.4. The van der Waals surface area contributed by atoms with Crippen molar-refractivity contribution in [3.05, 3.63) is 0 Å². The van der Waals surface area contributed by atoms with E-state index >= 15 is 0 Å². The number of aliphatic carboxylic acids is 2. The van der Waals surface area contributed by atoms with Gasteiger partial charge in [-0.25, -0.2) is 14.4 Å². The molecule has 120 valence electrons. The zero-order valence-electron chi connectivity index (χ0n) is 11.3. The number of carbonyl (C=O) groups excluding carboxylic acids is 2. The minimum atomic E-state index is -1.22. The van der Waals surface area contributed by atoms with Gasteiger partial charge in [-0.15, -0.1) is 0 Å². The third kappa shape index (κ3) is 11.5. The molecule has 0 aromatic heterocycles. The molecule has 10 heteroatoms. The Bertz CT molecular complexity index is 377. The number of hydrogen-bond donors (Lipinski definition) is 2. The van der Waals surface area contributed by atoms with Crippen LogP contribution in [0.2, 0.25) is 0 Å². The van der Waals surface area contributed by atoms with E-state index < -0.39 is 63.0 Å². The maximum absolute atomic E-state index is 11.4. The van der Waals surface area contributed by atoms with Crippen LogP contribution in [0.1, 0.15) is 6.92 Å². The number of carboxylic acids is 2. The number of carbonyl (C=O) groups is 4. The number of ketones is 1. The van der Waals surface area contributed by atoms with Gasteiger partial charge in [0.25, 0.3) is 0 Å². The molecule has 0 fully saturated rings. The highest BCUT2D eigenvalue weighted by Gasteiger charge is 2.18. The lowest BCUT2D eigenvalue weighted by atomic mass is 10.3. The number of Topliss-reactive ketones (excluding diaryl/α,β-unsaturated/α-hetero) is 1. The molecule has 0 aliphatic rings.